The smallest absolute Gasteiger partial charge is 0.231 e. The van der Waals surface area contributed by atoms with Crippen LogP contribution in [0.4, 0.5) is 0 Å². The second kappa shape index (κ2) is 9.01. The molecular formula is C25H22O7. The third-order valence-corrected chi connectivity index (χ3v) is 5.04. The summed E-state index contributed by atoms with van der Waals surface area (Å²) in [5.41, 5.74) is 0.720. The predicted molar refractivity (Wildman–Crippen MR) is 116 cm³/mol. The van der Waals surface area contributed by atoms with E-state index in [-0.39, 0.29) is 35.0 Å². The van der Waals surface area contributed by atoms with Crippen molar-refractivity contribution in [3.05, 3.63) is 76.9 Å². The maximum Gasteiger partial charge on any atom is 0.231 e. The van der Waals surface area contributed by atoms with Crippen LogP contribution in [-0.4, -0.2) is 37.2 Å². The predicted octanol–water partition coefficient (Wildman–Crippen LogP) is 4.38. The van der Waals surface area contributed by atoms with Gasteiger partial charge in [-0.15, -0.1) is 0 Å². The normalized spacial score (nSPS) is 11.8. The van der Waals surface area contributed by atoms with E-state index in [0.717, 1.165) is 6.42 Å². The SMILES string of the molecule is CCCOc1ccc(C(=O)c2ccc3c(c2)OCO3)c(C(=O)c2ccc(OC)cc2O)c1. The Morgan fingerprint density at radius 2 is 1.62 bits per heavy atom. The molecule has 0 bridgehead atoms. The minimum Gasteiger partial charge on any atom is -0.507 e. The van der Waals surface area contributed by atoms with Crippen molar-refractivity contribution >= 4 is 11.6 Å². The highest BCUT2D eigenvalue weighted by molar-refractivity contribution is 6.20. The van der Waals surface area contributed by atoms with Gasteiger partial charge in [0.2, 0.25) is 6.79 Å². The van der Waals surface area contributed by atoms with E-state index in [4.69, 9.17) is 18.9 Å². The van der Waals surface area contributed by atoms with Gasteiger partial charge in [-0.3, -0.25) is 9.59 Å². The van der Waals surface area contributed by atoms with E-state index >= 15 is 0 Å². The number of phenolic OH excluding ortho intramolecular Hbond substituents is 1. The zero-order chi connectivity index (χ0) is 22.7. The molecule has 1 N–H and O–H groups in total. The van der Waals surface area contributed by atoms with Crippen molar-refractivity contribution in [3.8, 4) is 28.7 Å². The molecule has 0 spiro atoms. The highest BCUT2D eigenvalue weighted by Crippen LogP contribution is 2.34. The molecule has 0 amide bonds. The summed E-state index contributed by atoms with van der Waals surface area (Å²) in [6, 6.07) is 14.0. The molecule has 0 unspecified atom stereocenters. The molecule has 4 rings (SSSR count). The lowest BCUT2D eigenvalue weighted by molar-refractivity contribution is 0.100. The molecule has 32 heavy (non-hydrogen) atoms. The molecule has 3 aromatic carbocycles. The maximum absolute atomic E-state index is 13.4. The zero-order valence-corrected chi connectivity index (χ0v) is 17.7. The second-order valence-electron chi connectivity index (χ2n) is 7.17. The lowest BCUT2D eigenvalue weighted by Crippen LogP contribution is -2.12. The van der Waals surface area contributed by atoms with Crippen LogP contribution in [0.25, 0.3) is 0 Å². The van der Waals surface area contributed by atoms with Crippen LogP contribution in [-0.2, 0) is 0 Å². The average Bonchev–Trinajstić information content (AvgIpc) is 3.29. The van der Waals surface area contributed by atoms with Gasteiger partial charge >= 0.3 is 0 Å². The van der Waals surface area contributed by atoms with Crippen molar-refractivity contribution in [2.45, 2.75) is 13.3 Å². The van der Waals surface area contributed by atoms with Crippen molar-refractivity contribution in [3.63, 3.8) is 0 Å². The fourth-order valence-corrected chi connectivity index (χ4v) is 3.39. The molecule has 0 aliphatic carbocycles. The lowest BCUT2D eigenvalue weighted by atomic mass is 9.92. The van der Waals surface area contributed by atoms with Gasteiger partial charge in [-0.25, -0.2) is 0 Å². The van der Waals surface area contributed by atoms with Crippen LogP contribution in [0.5, 0.6) is 28.7 Å². The summed E-state index contributed by atoms with van der Waals surface area (Å²) in [7, 11) is 1.47. The number of fused-ring (bicyclic) bond motifs is 1. The molecule has 7 heteroatoms. The van der Waals surface area contributed by atoms with Gasteiger partial charge in [0.1, 0.15) is 17.2 Å². The Bertz CT molecular complexity index is 1180. The van der Waals surface area contributed by atoms with Gasteiger partial charge in [0.15, 0.2) is 23.1 Å². The van der Waals surface area contributed by atoms with Crippen molar-refractivity contribution in [2.75, 3.05) is 20.5 Å². The highest BCUT2D eigenvalue weighted by Gasteiger charge is 2.24. The fourth-order valence-electron chi connectivity index (χ4n) is 3.39. The number of hydrogen-bond donors (Lipinski definition) is 1. The van der Waals surface area contributed by atoms with Gasteiger partial charge in [0, 0.05) is 22.8 Å². The van der Waals surface area contributed by atoms with Gasteiger partial charge in [-0.1, -0.05) is 6.92 Å². The van der Waals surface area contributed by atoms with E-state index < -0.39 is 5.78 Å². The summed E-state index contributed by atoms with van der Waals surface area (Å²) in [6.45, 7) is 2.53. The molecule has 7 nitrogen and oxygen atoms in total. The van der Waals surface area contributed by atoms with Gasteiger partial charge in [-0.05, 0) is 55.0 Å². The molecule has 0 radical (unpaired) electrons. The molecule has 0 aromatic heterocycles. The molecule has 164 valence electrons. The number of aromatic hydroxyl groups is 1. The number of carbonyl (C=O) groups is 2. The standard InChI is InChI=1S/C25H22O7/c1-3-10-30-17-6-7-18(24(27)15-4-9-22-23(11-15)32-14-31-22)20(12-17)25(28)19-8-5-16(29-2)13-21(19)26/h4-9,11-13,26H,3,10,14H2,1-2H3. The zero-order valence-electron chi connectivity index (χ0n) is 17.7. The fraction of sp³-hybridized carbons (Fsp3) is 0.200. The molecule has 1 aliphatic rings. The number of carbonyl (C=O) groups excluding carboxylic acids is 2. The quantitative estimate of drug-likeness (QED) is 0.526. The Labute approximate surface area is 185 Å². The van der Waals surface area contributed by atoms with Crippen LogP contribution < -0.4 is 18.9 Å². The molecule has 0 atom stereocenters. The first-order chi connectivity index (χ1) is 15.5. The molecule has 1 aliphatic heterocycles. The van der Waals surface area contributed by atoms with E-state index in [9.17, 15) is 14.7 Å². The van der Waals surface area contributed by atoms with Gasteiger partial charge in [0.05, 0.1) is 19.3 Å². The van der Waals surface area contributed by atoms with E-state index in [0.29, 0.717) is 35.2 Å². The number of rotatable bonds is 8. The number of methoxy groups -OCH3 is 1. The van der Waals surface area contributed by atoms with Crippen molar-refractivity contribution in [1.82, 2.24) is 0 Å². The number of ketones is 2. The third kappa shape index (κ3) is 4.09. The monoisotopic (exact) mass is 434 g/mol. The van der Waals surface area contributed by atoms with Crippen LogP contribution >= 0.6 is 0 Å². The van der Waals surface area contributed by atoms with E-state index in [1.165, 1.54) is 25.3 Å². The molecule has 0 saturated carbocycles. The van der Waals surface area contributed by atoms with Gasteiger partial charge < -0.3 is 24.1 Å². The van der Waals surface area contributed by atoms with Crippen molar-refractivity contribution < 1.29 is 33.6 Å². The second-order valence-corrected chi connectivity index (χ2v) is 7.17. The first-order valence-corrected chi connectivity index (χ1v) is 10.1. The minimum absolute atomic E-state index is 0.0539. The maximum atomic E-state index is 13.4. The van der Waals surface area contributed by atoms with Crippen molar-refractivity contribution in [2.24, 2.45) is 0 Å². The summed E-state index contributed by atoms with van der Waals surface area (Å²) >= 11 is 0. The third-order valence-electron chi connectivity index (χ3n) is 5.04. The van der Waals surface area contributed by atoms with Gasteiger partial charge in [0.25, 0.3) is 0 Å². The number of hydrogen-bond acceptors (Lipinski definition) is 7. The van der Waals surface area contributed by atoms with Gasteiger partial charge in [-0.2, -0.15) is 0 Å². The lowest BCUT2D eigenvalue weighted by Gasteiger charge is -2.13. The summed E-state index contributed by atoms with van der Waals surface area (Å²) < 4.78 is 21.4. The number of phenols is 1. The Morgan fingerprint density at radius 1 is 0.875 bits per heavy atom. The Morgan fingerprint density at radius 3 is 2.38 bits per heavy atom. The van der Waals surface area contributed by atoms with Crippen LogP contribution in [0.15, 0.2) is 54.6 Å². The van der Waals surface area contributed by atoms with E-state index in [1.54, 1.807) is 36.4 Å². The van der Waals surface area contributed by atoms with E-state index in [1.807, 2.05) is 6.92 Å². The summed E-state index contributed by atoms with van der Waals surface area (Å²) in [5, 5.41) is 10.4. The van der Waals surface area contributed by atoms with Crippen LogP contribution in [0.1, 0.15) is 45.2 Å². The van der Waals surface area contributed by atoms with Crippen LogP contribution in [0.2, 0.25) is 0 Å². The molecular weight excluding hydrogens is 412 g/mol. The topological polar surface area (TPSA) is 91.3 Å². The van der Waals surface area contributed by atoms with Crippen LogP contribution in [0, 0.1) is 0 Å². The number of ether oxygens (including phenoxy) is 4. The molecule has 3 aromatic rings. The summed E-state index contributed by atoms with van der Waals surface area (Å²) in [6.07, 6.45) is 0.792. The first kappa shape index (κ1) is 21.2. The van der Waals surface area contributed by atoms with Crippen molar-refractivity contribution in [1.29, 1.82) is 0 Å². The Hall–Kier alpha value is -4.00. The number of benzene rings is 3. The first-order valence-electron chi connectivity index (χ1n) is 10.1. The Balaban J connectivity index is 1.77. The average molecular weight is 434 g/mol. The Kier molecular flexibility index (Phi) is 5.98. The summed E-state index contributed by atoms with van der Waals surface area (Å²) in [5.74, 6) is 0.804. The minimum atomic E-state index is -0.504. The highest BCUT2D eigenvalue weighted by atomic mass is 16.7. The van der Waals surface area contributed by atoms with Crippen LogP contribution in [0.3, 0.4) is 0 Å². The summed E-state index contributed by atoms with van der Waals surface area (Å²) in [4.78, 5) is 26.7. The molecule has 0 fully saturated rings. The molecule has 0 saturated heterocycles. The molecule has 1 heterocycles. The van der Waals surface area contributed by atoms with E-state index in [2.05, 4.69) is 0 Å². The largest absolute Gasteiger partial charge is 0.507 e.